The second kappa shape index (κ2) is 10.1. The lowest BCUT2D eigenvalue weighted by atomic mass is 9.92. The average Bonchev–Trinajstić information content (AvgIpc) is 3.09. The molecule has 0 fully saturated rings. The standard InChI is InChI=1S/C23H33ClN4O2/c1-7-8-13-27(22(30)17(3)24)15-21(29)25-20-14-19(23(4,5)6)26-28(20)18-11-9-16(2)10-12-18/h9-12,14,17H,7-8,13,15H2,1-6H3,(H,25,29). The largest absolute Gasteiger partial charge is 0.332 e. The molecule has 6 nitrogen and oxygen atoms in total. The molecule has 2 amide bonds. The highest BCUT2D eigenvalue weighted by Crippen LogP contribution is 2.26. The molecule has 0 spiro atoms. The van der Waals surface area contributed by atoms with E-state index in [0.717, 1.165) is 29.8 Å². The number of carbonyl (C=O) groups excluding carboxylic acids is 2. The van der Waals surface area contributed by atoms with Gasteiger partial charge in [-0.1, -0.05) is 51.8 Å². The van der Waals surface area contributed by atoms with Gasteiger partial charge in [-0.15, -0.1) is 11.6 Å². The second-order valence-electron chi connectivity index (χ2n) is 8.69. The van der Waals surface area contributed by atoms with Crippen LogP contribution >= 0.6 is 11.6 Å². The first-order valence-corrected chi connectivity index (χ1v) is 10.9. The summed E-state index contributed by atoms with van der Waals surface area (Å²) in [4.78, 5) is 26.7. The molecule has 1 atom stereocenters. The molecule has 7 heteroatoms. The number of benzene rings is 1. The summed E-state index contributed by atoms with van der Waals surface area (Å²) in [5.74, 6) is 0.0729. The van der Waals surface area contributed by atoms with Crippen LogP contribution in [0.2, 0.25) is 0 Å². The van der Waals surface area contributed by atoms with E-state index in [-0.39, 0.29) is 23.8 Å². The van der Waals surface area contributed by atoms with Gasteiger partial charge in [0.2, 0.25) is 11.8 Å². The third-order valence-corrected chi connectivity index (χ3v) is 4.98. The van der Waals surface area contributed by atoms with Gasteiger partial charge in [-0.05, 0) is 32.4 Å². The highest BCUT2D eigenvalue weighted by atomic mass is 35.5. The lowest BCUT2D eigenvalue weighted by Crippen LogP contribution is -2.41. The van der Waals surface area contributed by atoms with E-state index in [4.69, 9.17) is 16.7 Å². The van der Waals surface area contributed by atoms with Crippen molar-refractivity contribution in [3.8, 4) is 5.69 Å². The Hall–Kier alpha value is -2.34. The number of hydrogen-bond donors (Lipinski definition) is 1. The lowest BCUT2D eigenvalue weighted by Gasteiger charge is -2.23. The Bertz CT molecular complexity index is 866. The van der Waals surface area contributed by atoms with E-state index in [1.54, 1.807) is 11.6 Å². The first-order chi connectivity index (χ1) is 14.0. The van der Waals surface area contributed by atoms with E-state index >= 15 is 0 Å². The number of hydrogen-bond acceptors (Lipinski definition) is 3. The van der Waals surface area contributed by atoms with Crippen LogP contribution in [0.4, 0.5) is 5.82 Å². The Morgan fingerprint density at radius 3 is 2.40 bits per heavy atom. The number of nitrogens with one attached hydrogen (secondary N) is 1. The molecule has 1 aromatic carbocycles. The van der Waals surface area contributed by atoms with Crippen LogP contribution in [0.1, 0.15) is 58.7 Å². The molecular formula is C23H33ClN4O2. The van der Waals surface area contributed by atoms with Crippen molar-refractivity contribution >= 4 is 29.2 Å². The third kappa shape index (κ3) is 6.33. The number of nitrogens with zero attached hydrogens (tertiary/aromatic N) is 3. The maximum atomic E-state index is 12.8. The maximum absolute atomic E-state index is 12.8. The molecule has 0 bridgehead atoms. The van der Waals surface area contributed by atoms with Crippen molar-refractivity contribution in [2.45, 2.75) is 65.2 Å². The summed E-state index contributed by atoms with van der Waals surface area (Å²) in [5.41, 5.74) is 2.70. The molecular weight excluding hydrogens is 400 g/mol. The van der Waals surface area contributed by atoms with E-state index < -0.39 is 5.38 Å². The molecule has 0 aliphatic rings. The summed E-state index contributed by atoms with van der Waals surface area (Å²) in [6.45, 7) is 12.4. The molecule has 30 heavy (non-hydrogen) atoms. The predicted molar refractivity (Wildman–Crippen MR) is 122 cm³/mol. The molecule has 2 rings (SSSR count). The van der Waals surface area contributed by atoms with E-state index in [2.05, 4.69) is 26.1 Å². The molecule has 1 heterocycles. The normalized spacial score (nSPS) is 12.5. The van der Waals surface area contributed by atoms with Crippen molar-refractivity contribution in [3.63, 3.8) is 0 Å². The van der Waals surface area contributed by atoms with Crippen molar-refractivity contribution in [3.05, 3.63) is 41.6 Å². The first-order valence-electron chi connectivity index (χ1n) is 10.4. The molecule has 0 aliphatic heterocycles. The van der Waals surface area contributed by atoms with Crippen LogP contribution in [0.25, 0.3) is 5.69 Å². The van der Waals surface area contributed by atoms with E-state index in [0.29, 0.717) is 12.4 Å². The van der Waals surface area contributed by atoms with Crippen LogP contribution in [-0.4, -0.2) is 45.0 Å². The van der Waals surface area contributed by atoms with Crippen molar-refractivity contribution in [2.75, 3.05) is 18.4 Å². The van der Waals surface area contributed by atoms with Gasteiger partial charge in [0.15, 0.2) is 0 Å². The Kier molecular flexibility index (Phi) is 8.07. The van der Waals surface area contributed by atoms with Gasteiger partial charge < -0.3 is 10.2 Å². The highest BCUT2D eigenvalue weighted by molar-refractivity contribution is 6.30. The Morgan fingerprint density at radius 2 is 1.87 bits per heavy atom. The van der Waals surface area contributed by atoms with E-state index in [1.165, 1.54) is 4.90 Å². The first kappa shape index (κ1) is 23.9. The van der Waals surface area contributed by atoms with Gasteiger partial charge in [-0.2, -0.15) is 5.10 Å². The van der Waals surface area contributed by atoms with Gasteiger partial charge >= 0.3 is 0 Å². The van der Waals surface area contributed by atoms with Crippen molar-refractivity contribution in [1.82, 2.24) is 14.7 Å². The highest BCUT2D eigenvalue weighted by Gasteiger charge is 2.24. The number of halogens is 1. The number of carbonyl (C=O) groups is 2. The van der Waals surface area contributed by atoms with Crippen LogP contribution in [0.5, 0.6) is 0 Å². The van der Waals surface area contributed by atoms with Gasteiger partial charge in [0.25, 0.3) is 0 Å². The van der Waals surface area contributed by atoms with Crippen LogP contribution in [0.15, 0.2) is 30.3 Å². The zero-order chi connectivity index (χ0) is 22.5. The minimum absolute atomic E-state index is 0.0418. The van der Waals surface area contributed by atoms with E-state index in [1.807, 2.05) is 44.2 Å². The molecule has 0 saturated carbocycles. The van der Waals surface area contributed by atoms with Gasteiger partial charge in [0.1, 0.15) is 11.2 Å². The van der Waals surface area contributed by atoms with Crippen LogP contribution in [0, 0.1) is 6.92 Å². The van der Waals surface area contributed by atoms with Gasteiger partial charge in [0.05, 0.1) is 17.9 Å². The topological polar surface area (TPSA) is 67.2 Å². The zero-order valence-electron chi connectivity index (χ0n) is 18.8. The summed E-state index contributed by atoms with van der Waals surface area (Å²) in [5, 5.41) is 7.00. The SMILES string of the molecule is CCCCN(CC(=O)Nc1cc(C(C)(C)C)nn1-c1ccc(C)cc1)C(=O)C(C)Cl. The summed E-state index contributed by atoms with van der Waals surface area (Å²) in [7, 11) is 0. The Labute approximate surface area is 184 Å². The molecule has 0 radical (unpaired) electrons. The third-order valence-electron chi connectivity index (χ3n) is 4.79. The van der Waals surface area contributed by atoms with Gasteiger partial charge in [0, 0.05) is 18.0 Å². The number of alkyl halides is 1. The summed E-state index contributed by atoms with van der Waals surface area (Å²) in [6, 6.07) is 9.84. The number of aryl methyl sites for hydroxylation is 1. The summed E-state index contributed by atoms with van der Waals surface area (Å²) in [6.07, 6.45) is 1.75. The number of amides is 2. The summed E-state index contributed by atoms with van der Waals surface area (Å²) >= 11 is 5.98. The van der Waals surface area contributed by atoms with Crippen LogP contribution in [-0.2, 0) is 15.0 Å². The number of anilines is 1. The maximum Gasteiger partial charge on any atom is 0.245 e. The average molecular weight is 433 g/mol. The molecule has 1 aromatic heterocycles. The number of aromatic nitrogens is 2. The molecule has 1 N–H and O–H groups in total. The Balaban J connectivity index is 2.28. The summed E-state index contributed by atoms with van der Waals surface area (Å²) < 4.78 is 1.74. The molecule has 164 valence electrons. The fourth-order valence-electron chi connectivity index (χ4n) is 2.94. The molecule has 0 aliphatic carbocycles. The molecule has 2 aromatic rings. The minimum Gasteiger partial charge on any atom is -0.332 e. The smallest absolute Gasteiger partial charge is 0.245 e. The van der Waals surface area contributed by atoms with Crippen molar-refractivity contribution < 1.29 is 9.59 Å². The van der Waals surface area contributed by atoms with Crippen LogP contribution in [0.3, 0.4) is 0 Å². The zero-order valence-corrected chi connectivity index (χ0v) is 19.6. The fourth-order valence-corrected chi connectivity index (χ4v) is 3.08. The monoisotopic (exact) mass is 432 g/mol. The van der Waals surface area contributed by atoms with Crippen LogP contribution < -0.4 is 5.32 Å². The lowest BCUT2D eigenvalue weighted by molar-refractivity contribution is -0.134. The fraction of sp³-hybridized carbons (Fsp3) is 0.522. The second-order valence-corrected chi connectivity index (χ2v) is 9.34. The number of rotatable bonds is 8. The quantitative estimate of drug-likeness (QED) is 0.616. The van der Waals surface area contributed by atoms with Gasteiger partial charge in [-0.3, -0.25) is 9.59 Å². The number of unbranched alkanes of at least 4 members (excludes halogenated alkanes) is 1. The van der Waals surface area contributed by atoms with E-state index in [9.17, 15) is 9.59 Å². The predicted octanol–water partition coefficient (Wildman–Crippen LogP) is 4.67. The molecule has 0 saturated heterocycles. The molecule has 1 unspecified atom stereocenters. The Morgan fingerprint density at radius 1 is 1.23 bits per heavy atom. The van der Waals surface area contributed by atoms with Gasteiger partial charge in [-0.25, -0.2) is 4.68 Å². The van der Waals surface area contributed by atoms with Crippen molar-refractivity contribution in [2.24, 2.45) is 0 Å². The van der Waals surface area contributed by atoms with Crippen molar-refractivity contribution in [1.29, 1.82) is 0 Å². The minimum atomic E-state index is -0.666.